The van der Waals surface area contributed by atoms with Crippen LogP contribution in [-0.2, 0) is 11.2 Å². The maximum atomic E-state index is 14.8. The van der Waals surface area contributed by atoms with E-state index in [1.54, 1.807) is 18.2 Å². The second-order valence-corrected chi connectivity index (χ2v) is 6.87. The molecule has 140 valence electrons. The van der Waals surface area contributed by atoms with Crippen LogP contribution in [0, 0.1) is 12.7 Å². The van der Waals surface area contributed by atoms with Gasteiger partial charge in [-0.05, 0) is 47.7 Å². The smallest absolute Gasteiger partial charge is 0.257 e. The number of aromatic hydroxyl groups is 1. The molecule has 4 nitrogen and oxygen atoms in total. The first-order chi connectivity index (χ1) is 12.2. The Labute approximate surface area is 157 Å². The first-order valence-electron chi connectivity index (χ1n) is 8.37. The number of amides is 1. The topological polar surface area (TPSA) is 58.6 Å². The summed E-state index contributed by atoms with van der Waals surface area (Å²) in [6.07, 6.45) is 0.298. The highest BCUT2D eigenvalue weighted by atomic mass is 35.5. The standard InChI is InChI=1S/C20H23ClFNO3/c1-11(2)19-17(24)6-5-13(20(19)22)8-15-12(3)7-14(9-16(15)21)26-10-18(25)23-4/h5-7,9,11,24H,8,10H2,1-4H3,(H,23,25). The van der Waals surface area contributed by atoms with Crippen LogP contribution in [0.3, 0.4) is 0 Å². The van der Waals surface area contributed by atoms with Crippen molar-refractivity contribution in [2.24, 2.45) is 0 Å². The molecule has 1 amide bonds. The van der Waals surface area contributed by atoms with E-state index in [0.717, 1.165) is 11.1 Å². The molecule has 6 heteroatoms. The predicted octanol–water partition coefficient (Wildman–Crippen LogP) is 4.33. The average Bonchev–Trinajstić information content (AvgIpc) is 2.57. The van der Waals surface area contributed by atoms with Crippen LogP contribution < -0.4 is 10.1 Å². The predicted molar refractivity (Wildman–Crippen MR) is 101 cm³/mol. The van der Waals surface area contributed by atoms with E-state index in [9.17, 15) is 14.3 Å². The number of aryl methyl sites for hydroxylation is 1. The molecule has 0 atom stereocenters. The van der Waals surface area contributed by atoms with Gasteiger partial charge in [-0.3, -0.25) is 4.79 Å². The van der Waals surface area contributed by atoms with Crippen LogP contribution in [-0.4, -0.2) is 24.7 Å². The highest BCUT2D eigenvalue weighted by molar-refractivity contribution is 6.31. The number of nitrogens with one attached hydrogen (secondary N) is 1. The molecule has 2 aromatic rings. The largest absolute Gasteiger partial charge is 0.508 e. The number of carbonyl (C=O) groups excluding carboxylic acids is 1. The zero-order valence-electron chi connectivity index (χ0n) is 15.3. The zero-order valence-corrected chi connectivity index (χ0v) is 16.1. The van der Waals surface area contributed by atoms with Crippen molar-refractivity contribution < 1.29 is 19.0 Å². The summed E-state index contributed by atoms with van der Waals surface area (Å²) in [4.78, 5) is 11.3. The molecule has 0 unspecified atom stereocenters. The third-order valence-electron chi connectivity index (χ3n) is 4.22. The fourth-order valence-electron chi connectivity index (χ4n) is 2.77. The van der Waals surface area contributed by atoms with Crippen LogP contribution in [0.2, 0.25) is 5.02 Å². The van der Waals surface area contributed by atoms with Gasteiger partial charge in [-0.2, -0.15) is 0 Å². The molecule has 0 saturated heterocycles. The summed E-state index contributed by atoms with van der Waals surface area (Å²) in [5.41, 5.74) is 2.39. The molecule has 0 bridgehead atoms. The Bertz CT molecular complexity index is 798. The van der Waals surface area contributed by atoms with Gasteiger partial charge in [0.1, 0.15) is 17.3 Å². The van der Waals surface area contributed by atoms with E-state index >= 15 is 0 Å². The Kier molecular flexibility index (Phi) is 6.48. The van der Waals surface area contributed by atoms with Crippen LogP contribution in [0.5, 0.6) is 11.5 Å². The lowest BCUT2D eigenvalue weighted by atomic mass is 9.94. The van der Waals surface area contributed by atoms with Gasteiger partial charge >= 0.3 is 0 Å². The highest BCUT2D eigenvalue weighted by Gasteiger charge is 2.18. The van der Waals surface area contributed by atoms with Crippen molar-refractivity contribution in [1.82, 2.24) is 5.32 Å². The van der Waals surface area contributed by atoms with Crippen molar-refractivity contribution in [2.75, 3.05) is 13.7 Å². The molecule has 0 aromatic heterocycles. The van der Waals surface area contributed by atoms with E-state index in [1.807, 2.05) is 20.8 Å². The summed E-state index contributed by atoms with van der Waals surface area (Å²) in [5.74, 6) is -0.339. The zero-order chi connectivity index (χ0) is 19.4. The molecule has 0 aliphatic carbocycles. The number of ether oxygens (including phenoxy) is 1. The lowest BCUT2D eigenvalue weighted by Crippen LogP contribution is -2.24. The fourth-order valence-corrected chi connectivity index (χ4v) is 3.10. The van der Waals surface area contributed by atoms with E-state index in [1.165, 1.54) is 13.1 Å². The second-order valence-electron chi connectivity index (χ2n) is 6.47. The minimum absolute atomic E-state index is 0.0398. The van der Waals surface area contributed by atoms with Crippen molar-refractivity contribution in [3.05, 3.63) is 57.4 Å². The molecule has 0 aliphatic heterocycles. The van der Waals surface area contributed by atoms with Crippen LogP contribution in [0.4, 0.5) is 4.39 Å². The normalized spacial score (nSPS) is 10.9. The van der Waals surface area contributed by atoms with E-state index < -0.39 is 5.82 Å². The maximum Gasteiger partial charge on any atom is 0.257 e. The third kappa shape index (κ3) is 4.47. The summed E-state index contributed by atoms with van der Waals surface area (Å²) in [5, 5.41) is 12.8. The number of hydrogen-bond acceptors (Lipinski definition) is 3. The van der Waals surface area contributed by atoms with Gasteiger partial charge in [0.05, 0.1) is 0 Å². The van der Waals surface area contributed by atoms with Crippen molar-refractivity contribution in [3.8, 4) is 11.5 Å². The van der Waals surface area contributed by atoms with Crippen LogP contribution in [0.25, 0.3) is 0 Å². The number of phenols is 1. The Hall–Kier alpha value is -2.27. The van der Waals surface area contributed by atoms with Crippen molar-refractivity contribution >= 4 is 17.5 Å². The molecule has 2 N–H and O–H groups in total. The van der Waals surface area contributed by atoms with E-state index in [4.69, 9.17) is 16.3 Å². The van der Waals surface area contributed by atoms with Gasteiger partial charge in [0, 0.05) is 24.1 Å². The number of carbonyl (C=O) groups is 1. The maximum absolute atomic E-state index is 14.8. The molecular weight excluding hydrogens is 357 g/mol. The monoisotopic (exact) mass is 379 g/mol. The summed E-state index contributed by atoms with van der Waals surface area (Å²) in [7, 11) is 1.53. The van der Waals surface area contributed by atoms with Gasteiger partial charge in [-0.15, -0.1) is 0 Å². The summed E-state index contributed by atoms with van der Waals surface area (Å²) in [6, 6.07) is 6.47. The first kappa shape index (κ1) is 20.0. The van der Waals surface area contributed by atoms with E-state index in [0.29, 0.717) is 28.3 Å². The minimum atomic E-state index is -0.407. The van der Waals surface area contributed by atoms with Crippen LogP contribution in [0.15, 0.2) is 24.3 Å². The van der Waals surface area contributed by atoms with Gasteiger partial charge in [-0.1, -0.05) is 31.5 Å². The number of benzene rings is 2. The molecule has 0 heterocycles. The molecular formula is C20H23ClFNO3. The van der Waals surface area contributed by atoms with Crippen LogP contribution >= 0.6 is 11.6 Å². The Morgan fingerprint density at radius 3 is 2.62 bits per heavy atom. The Morgan fingerprint density at radius 1 is 1.35 bits per heavy atom. The van der Waals surface area contributed by atoms with Crippen molar-refractivity contribution in [1.29, 1.82) is 0 Å². The van der Waals surface area contributed by atoms with Gasteiger partial charge < -0.3 is 15.2 Å². The van der Waals surface area contributed by atoms with E-state index in [2.05, 4.69) is 5.32 Å². The molecule has 0 saturated carbocycles. The van der Waals surface area contributed by atoms with Gasteiger partial charge in [0.25, 0.3) is 5.91 Å². The van der Waals surface area contributed by atoms with Gasteiger partial charge in [0.2, 0.25) is 0 Å². The molecule has 0 radical (unpaired) electrons. The lowest BCUT2D eigenvalue weighted by molar-refractivity contribution is -0.122. The molecule has 26 heavy (non-hydrogen) atoms. The van der Waals surface area contributed by atoms with Gasteiger partial charge in [-0.25, -0.2) is 4.39 Å². The lowest BCUT2D eigenvalue weighted by Gasteiger charge is -2.16. The molecule has 2 rings (SSSR count). The SMILES string of the molecule is CNC(=O)COc1cc(C)c(Cc2ccc(O)c(C(C)C)c2F)c(Cl)c1. The Balaban J connectivity index is 2.31. The highest BCUT2D eigenvalue weighted by Crippen LogP contribution is 2.33. The van der Waals surface area contributed by atoms with E-state index in [-0.39, 0.29) is 24.2 Å². The summed E-state index contributed by atoms with van der Waals surface area (Å²) >= 11 is 6.37. The van der Waals surface area contributed by atoms with Crippen molar-refractivity contribution in [3.63, 3.8) is 0 Å². The second kappa shape index (κ2) is 8.41. The number of phenolic OH excluding ortho intramolecular Hbond substituents is 1. The Morgan fingerprint density at radius 2 is 2.04 bits per heavy atom. The van der Waals surface area contributed by atoms with Crippen molar-refractivity contribution in [2.45, 2.75) is 33.1 Å². The van der Waals surface area contributed by atoms with Gasteiger partial charge in [0.15, 0.2) is 6.61 Å². The average molecular weight is 380 g/mol. The summed E-state index contributed by atoms with van der Waals surface area (Å²) < 4.78 is 20.2. The minimum Gasteiger partial charge on any atom is -0.508 e. The first-order valence-corrected chi connectivity index (χ1v) is 8.75. The summed E-state index contributed by atoms with van der Waals surface area (Å²) in [6.45, 7) is 5.42. The molecule has 0 spiro atoms. The number of likely N-dealkylation sites (N-methyl/N-ethyl adjacent to an activating group) is 1. The van der Waals surface area contributed by atoms with Crippen LogP contribution in [0.1, 0.15) is 42.0 Å². The quantitative estimate of drug-likeness (QED) is 0.785. The molecule has 0 aliphatic rings. The number of halogens is 2. The molecule has 0 fully saturated rings. The molecule has 2 aromatic carbocycles. The number of hydrogen-bond donors (Lipinski definition) is 2. The fraction of sp³-hybridized carbons (Fsp3) is 0.350. The number of rotatable bonds is 6. The third-order valence-corrected chi connectivity index (χ3v) is 4.56.